The van der Waals surface area contributed by atoms with Crippen LogP contribution in [0.5, 0.6) is 5.88 Å². The summed E-state index contributed by atoms with van der Waals surface area (Å²) in [4.78, 5) is 6.63. The van der Waals surface area contributed by atoms with E-state index >= 15 is 0 Å². The minimum absolute atomic E-state index is 0.596. The Kier molecular flexibility index (Phi) is 0.375. The largest absolute Gasteiger partial charge is 0.492 e. The van der Waals surface area contributed by atoms with Crippen molar-refractivity contribution in [3.05, 3.63) is 18.0 Å². The van der Waals surface area contributed by atoms with Gasteiger partial charge in [0.25, 0.3) is 0 Å². The van der Waals surface area contributed by atoms with Crippen molar-refractivity contribution in [1.29, 1.82) is 0 Å². The molecule has 2 rings (SSSR count). The van der Waals surface area contributed by atoms with Crippen LogP contribution in [0, 0.1) is 0 Å². The van der Waals surface area contributed by atoms with Gasteiger partial charge in [-0.1, -0.05) is 0 Å². The van der Waals surface area contributed by atoms with Gasteiger partial charge in [0, 0.05) is 18.9 Å². The van der Waals surface area contributed by atoms with Crippen LogP contribution in [-0.2, 0) is 0 Å². The third-order valence-corrected chi connectivity index (χ3v) is 1.02. The van der Waals surface area contributed by atoms with E-state index in [2.05, 4.69) is 9.97 Å². The maximum absolute atomic E-state index is 9.18. The number of hydrogen-bond acceptors (Lipinski definition) is 3. The van der Waals surface area contributed by atoms with Crippen molar-refractivity contribution in [1.82, 2.24) is 9.97 Å². The SMILES string of the molecule is [2H]c1nc([2H])c(C2([2H])C([2H])([2H])C2([2H])[2H])nc1O. The molecule has 0 unspecified atom stereocenters. The lowest BCUT2D eigenvalue weighted by Gasteiger charge is -1.94. The number of hydrogen-bond donors (Lipinski definition) is 1. The van der Waals surface area contributed by atoms with Crippen LogP contribution in [0.25, 0.3) is 0 Å². The summed E-state index contributed by atoms with van der Waals surface area (Å²) < 4.78 is 51.8. The van der Waals surface area contributed by atoms with Crippen molar-refractivity contribution >= 4 is 0 Å². The lowest BCUT2D eigenvalue weighted by atomic mass is 10.3. The van der Waals surface area contributed by atoms with Crippen molar-refractivity contribution in [3.63, 3.8) is 0 Å². The number of nitrogens with zero attached hydrogens (tertiary/aromatic N) is 2. The minimum Gasteiger partial charge on any atom is -0.492 e. The van der Waals surface area contributed by atoms with E-state index in [1.54, 1.807) is 0 Å². The summed E-state index contributed by atoms with van der Waals surface area (Å²) in [5.74, 6) is -3.23. The second-order valence-corrected chi connectivity index (χ2v) is 1.74. The summed E-state index contributed by atoms with van der Waals surface area (Å²) >= 11 is 0. The topological polar surface area (TPSA) is 46.0 Å². The molecule has 0 aromatic carbocycles. The Bertz CT molecular complexity index is 489. The van der Waals surface area contributed by atoms with Gasteiger partial charge in [0.15, 0.2) is 0 Å². The Balaban J connectivity index is 2.62. The second-order valence-electron chi connectivity index (χ2n) is 1.74. The molecule has 0 amide bonds. The fourth-order valence-electron chi connectivity index (χ4n) is 0.548. The van der Waals surface area contributed by atoms with Gasteiger partial charge >= 0.3 is 0 Å². The molecule has 3 heteroatoms. The predicted molar refractivity (Wildman–Crippen MR) is 35.7 cm³/mol. The highest BCUT2D eigenvalue weighted by Gasteiger charge is 2.25. The van der Waals surface area contributed by atoms with Crippen molar-refractivity contribution in [2.24, 2.45) is 0 Å². The van der Waals surface area contributed by atoms with Crippen LogP contribution < -0.4 is 0 Å². The summed E-state index contributed by atoms with van der Waals surface area (Å²) in [7, 11) is 0. The van der Waals surface area contributed by atoms with Crippen molar-refractivity contribution in [3.8, 4) is 5.88 Å². The van der Waals surface area contributed by atoms with Crippen LogP contribution >= 0.6 is 0 Å². The average molecular weight is 143 g/mol. The Morgan fingerprint density at radius 1 is 1.80 bits per heavy atom. The molecule has 1 N–H and O–H groups in total. The van der Waals surface area contributed by atoms with Gasteiger partial charge in [-0.25, -0.2) is 4.98 Å². The van der Waals surface area contributed by atoms with Gasteiger partial charge in [-0.05, 0) is 12.7 Å². The van der Waals surface area contributed by atoms with E-state index < -0.39 is 42.6 Å². The third kappa shape index (κ3) is 0.943. The van der Waals surface area contributed by atoms with E-state index in [0.717, 1.165) is 0 Å². The molecule has 1 aliphatic carbocycles. The molecule has 0 spiro atoms. The molecule has 1 aliphatic rings. The van der Waals surface area contributed by atoms with E-state index in [-0.39, 0.29) is 0 Å². The normalized spacial score (nSPS) is 40.6. The van der Waals surface area contributed by atoms with Gasteiger partial charge < -0.3 is 5.11 Å². The summed E-state index contributed by atoms with van der Waals surface area (Å²) in [6.45, 7) is 0. The van der Waals surface area contributed by atoms with Gasteiger partial charge in [0.2, 0.25) is 5.88 Å². The molecule has 52 valence electrons. The van der Waals surface area contributed by atoms with E-state index in [4.69, 9.17) is 9.60 Å². The molecular weight excluding hydrogens is 128 g/mol. The zero-order valence-corrected chi connectivity index (χ0v) is 4.84. The molecule has 0 radical (unpaired) electrons. The zero-order chi connectivity index (χ0) is 13.2. The quantitative estimate of drug-likeness (QED) is 0.639. The van der Waals surface area contributed by atoms with Gasteiger partial charge in [-0.2, -0.15) is 0 Å². The Hall–Kier alpha value is -1.12. The van der Waals surface area contributed by atoms with E-state index in [1.165, 1.54) is 0 Å². The van der Waals surface area contributed by atoms with Crippen molar-refractivity contribution in [2.45, 2.75) is 18.6 Å². The van der Waals surface area contributed by atoms with Crippen molar-refractivity contribution < 1.29 is 14.7 Å². The Morgan fingerprint density at radius 2 is 2.60 bits per heavy atom. The molecule has 0 aliphatic heterocycles. The highest BCUT2D eigenvalue weighted by Crippen LogP contribution is 2.38. The van der Waals surface area contributed by atoms with E-state index in [9.17, 15) is 5.11 Å². The van der Waals surface area contributed by atoms with Gasteiger partial charge in [0.1, 0.15) is 0 Å². The predicted octanol–water partition coefficient (Wildman–Crippen LogP) is 1.06. The third-order valence-electron chi connectivity index (χ3n) is 1.02. The first kappa shape index (κ1) is 1.94. The molecule has 0 saturated heterocycles. The monoisotopic (exact) mass is 143 g/mol. The first-order valence-electron chi connectivity index (χ1n) is 6.12. The van der Waals surface area contributed by atoms with Crippen LogP contribution in [0.4, 0.5) is 0 Å². The van der Waals surface area contributed by atoms with Crippen LogP contribution in [-0.4, -0.2) is 15.1 Å². The molecule has 10 heavy (non-hydrogen) atoms. The molecule has 1 saturated carbocycles. The Labute approximate surface area is 68.6 Å². The lowest BCUT2D eigenvalue weighted by Crippen LogP contribution is -1.86. The summed E-state index contributed by atoms with van der Waals surface area (Å²) in [6.07, 6.45) is -6.36. The summed E-state index contributed by atoms with van der Waals surface area (Å²) in [6, 6.07) is 0. The van der Waals surface area contributed by atoms with Crippen LogP contribution in [0.2, 0.25) is 0 Å². The van der Waals surface area contributed by atoms with Crippen LogP contribution in [0.15, 0.2) is 12.3 Å². The summed E-state index contributed by atoms with van der Waals surface area (Å²) in [5, 5.41) is 9.18. The van der Waals surface area contributed by atoms with Crippen LogP contribution in [0.3, 0.4) is 0 Å². The summed E-state index contributed by atoms with van der Waals surface area (Å²) in [5.41, 5.74) is -0.596. The first-order chi connectivity index (χ1) is 7.57. The standard InChI is InChI=1S/C7H8N2O/c10-7-4-8-3-6(9-7)5-1-2-5/h3-5H,1-2H2,(H,9,10)/i1D2,2D2,3D,4D,5D. The van der Waals surface area contributed by atoms with Gasteiger partial charge in [0.05, 0.1) is 14.6 Å². The van der Waals surface area contributed by atoms with E-state index in [0.29, 0.717) is 0 Å². The molecule has 0 bridgehead atoms. The maximum Gasteiger partial charge on any atom is 0.230 e. The molecule has 0 atom stereocenters. The number of aromatic hydroxyl groups is 1. The molecule has 1 heterocycles. The van der Waals surface area contributed by atoms with Crippen molar-refractivity contribution in [2.75, 3.05) is 0 Å². The first-order valence-corrected chi connectivity index (χ1v) is 2.62. The fraction of sp³-hybridized carbons (Fsp3) is 0.429. The smallest absolute Gasteiger partial charge is 0.230 e. The molecule has 1 aromatic heterocycles. The highest BCUT2D eigenvalue weighted by atomic mass is 16.3. The fourth-order valence-corrected chi connectivity index (χ4v) is 0.548. The number of aromatic nitrogens is 2. The highest BCUT2D eigenvalue weighted by molar-refractivity contribution is 5.14. The van der Waals surface area contributed by atoms with E-state index in [1.807, 2.05) is 0 Å². The molecule has 3 nitrogen and oxygen atoms in total. The maximum atomic E-state index is 9.18. The number of rotatable bonds is 1. The zero-order valence-electron chi connectivity index (χ0n) is 11.8. The Morgan fingerprint density at radius 3 is 3.30 bits per heavy atom. The minimum atomic E-state index is -2.51. The average Bonchev–Trinajstić information content (AvgIpc) is 2.51. The van der Waals surface area contributed by atoms with Crippen LogP contribution in [0.1, 0.15) is 33.9 Å². The van der Waals surface area contributed by atoms with Gasteiger partial charge in [-0.15, -0.1) is 0 Å². The molecular formula is C7H8N2O. The second kappa shape index (κ2) is 1.94. The van der Waals surface area contributed by atoms with Gasteiger partial charge in [-0.3, -0.25) is 4.98 Å². The molecule has 1 fully saturated rings. The molecule has 1 aromatic rings. The lowest BCUT2D eigenvalue weighted by molar-refractivity contribution is 0.448.